The van der Waals surface area contributed by atoms with Gasteiger partial charge in [0.15, 0.2) is 0 Å². The molecule has 18 heavy (non-hydrogen) atoms. The highest BCUT2D eigenvalue weighted by Crippen LogP contribution is 2.37. The molecular weight excluding hydrogens is 228 g/mol. The monoisotopic (exact) mass is 242 g/mol. The van der Waals surface area contributed by atoms with Crippen LogP contribution in [-0.2, 0) is 13.0 Å². The van der Waals surface area contributed by atoms with E-state index in [9.17, 15) is 4.79 Å². The summed E-state index contributed by atoms with van der Waals surface area (Å²) in [5, 5.41) is 0. The number of benzene rings is 1. The molecule has 2 aromatic rings. The number of aryl methyl sites for hydroxylation is 2. The third-order valence-electron chi connectivity index (χ3n) is 3.42. The molecule has 1 aromatic heterocycles. The molecule has 4 nitrogen and oxygen atoms in total. The summed E-state index contributed by atoms with van der Waals surface area (Å²) >= 11 is 0. The quantitative estimate of drug-likeness (QED) is 0.873. The molecule has 1 aliphatic rings. The molecule has 1 amide bonds. The number of methoxy groups -OCH3 is 1. The number of hydrogen-bond donors (Lipinski definition) is 1. The van der Waals surface area contributed by atoms with Crippen LogP contribution in [0.2, 0.25) is 0 Å². The maximum absolute atomic E-state index is 11.3. The van der Waals surface area contributed by atoms with Crippen LogP contribution in [0.15, 0.2) is 30.5 Å². The molecule has 1 aliphatic heterocycles. The van der Waals surface area contributed by atoms with Crippen molar-refractivity contribution in [2.75, 3.05) is 7.11 Å². The summed E-state index contributed by atoms with van der Waals surface area (Å²) in [6.45, 7) is 0.932. The normalized spacial score (nSPS) is 12.7. The van der Waals surface area contributed by atoms with E-state index in [0.717, 1.165) is 30.0 Å². The van der Waals surface area contributed by atoms with Crippen LogP contribution >= 0.6 is 0 Å². The standard InChI is InChI=1S/C14H14N2O2/c1-18-12-5-7-16-6-4-9-2-3-10(14(15)17)8-11(9)13(12)16/h2-3,5,7-8H,4,6H2,1H3,(H2,15,17). The lowest BCUT2D eigenvalue weighted by Gasteiger charge is -2.20. The Bertz CT molecular complexity index is 615. The topological polar surface area (TPSA) is 57.2 Å². The molecule has 0 radical (unpaired) electrons. The average molecular weight is 242 g/mol. The first-order valence-electron chi connectivity index (χ1n) is 5.87. The van der Waals surface area contributed by atoms with Crippen LogP contribution in [0.4, 0.5) is 0 Å². The van der Waals surface area contributed by atoms with E-state index in [1.165, 1.54) is 5.56 Å². The van der Waals surface area contributed by atoms with E-state index in [-0.39, 0.29) is 0 Å². The first kappa shape index (κ1) is 10.9. The molecular formula is C14H14N2O2. The van der Waals surface area contributed by atoms with Crippen LogP contribution in [0.3, 0.4) is 0 Å². The van der Waals surface area contributed by atoms with E-state index in [2.05, 4.69) is 4.57 Å². The lowest BCUT2D eigenvalue weighted by Crippen LogP contribution is -2.14. The van der Waals surface area contributed by atoms with Crippen molar-refractivity contribution >= 4 is 5.91 Å². The molecule has 0 bridgehead atoms. The van der Waals surface area contributed by atoms with Gasteiger partial charge in [-0.15, -0.1) is 0 Å². The molecule has 0 saturated carbocycles. The number of fused-ring (bicyclic) bond motifs is 3. The summed E-state index contributed by atoms with van der Waals surface area (Å²) in [5.74, 6) is 0.429. The van der Waals surface area contributed by atoms with Gasteiger partial charge in [0.05, 0.1) is 12.8 Å². The van der Waals surface area contributed by atoms with Gasteiger partial charge >= 0.3 is 0 Å². The second-order valence-electron chi connectivity index (χ2n) is 4.41. The van der Waals surface area contributed by atoms with Crippen LogP contribution in [0.1, 0.15) is 15.9 Å². The molecule has 0 fully saturated rings. The summed E-state index contributed by atoms with van der Waals surface area (Å²) in [6.07, 6.45) is 2.97. The SMILES string of the molecule is COc1ccn2c1-c1cc(C(N)=O)ccc1CC2. The van der Waals surface area contributed by atoms with Crippen LogP contribution < -0.4 is 10.5 Å². The maximum Gasteiger partial charge on any atom is 0.248 e. The zero-order valence-electron chi connectivity index (χ0n) is 10.1. The van der Waals surface area contributed by atoms with Crippen LogP contribution in [-0.4, -0.2) is 17.6 Å². The molecule has 0 spiro atoms. The number of aromatic nitrogens is 1. The highest BCUT2D eigenvalue weighted by molar-refractivity contribution is 5.94. The van der Waals surface area contributed by atoms with Crippen molar-refractivity contribution < 1.29 is 9.53 Å². The van der Waals surface area contributed by atoms with Crippen molar-refractivity contribution in [2.24, 2.45) is 5.73 Å². The van der Waals surface area contributed by atoms with Crippen LogP contribution in [0.5, 0.6) is 5.75 Å². The first-order chi connectivity index (χ1) is 8.70. The third kappa shape index (κ3) is 1.49. The number of carbonyl (C=O) groups excluding carboxylic acids is 1. The Hall–Kier alpha value is -2.23. The maximum atomic E-state index is 11.3. The third-order valence-corrected chi connectivity index (χ3v) is 3.42. The molecule has 0 atom stereocenters. The molecule has 0 unspecified atom stereocenters. The van der Waals surface area contributed by atoms with Gasteiger partial charge < -0.3 is 15.0 Å². The highest BCUT2D eigenvalue weighted by atomic mass is 16.5. The number of hydrogen-bond acceptors (Lipinski definition) is 2. The number of carbonyl (C=O) groups is 1. The smallest absolute Gasteiger partial charge is 0.248 e. The highest BCUT2D eigenvalue weighted by Gasteiger charge is 2.20. The molecule has 2 N–H and O–H groups in total. The van der Waals surface area contributed by atoms with E-state index in [4.69, 9.17) is 10.5 Å². The Balaban J connectivity index is 2.23. The molecule has 3 rings (SSSR count). The predicted octanol–water partition coefficient (Wildman–Crippen LogP) is 1.82. The van der Waals surface area contributed by atoms with Crippen molar-refractivity contribution in [1.82, 2.24) is 4.57 Å². The molecule has 2 heterocycles. The van der Waals surface area contributed by atoms with E-state index >= 15 is 0 Å². The lowest BCUT2D eigenvalue weighted by atomic mass is 9.96. The zero-order valence-corrected chi connectivity index (χ0v) is 10.1. The summed E-state index contributed by atoms with van der Waals surface area (Å²) in [6, 6.07) is 7.56. The minimum absolute atomic E-state index is 0.402. The van der Waals surface area contributed by atoms with Crippen molar-refractivity contribution in [3.05, 3.63) is 41.6 Å². The average Bonchev–Trinajstić information content (AvgIpc) is 2.81. The van der Waals surface area contributed by atoms with Crippen LogP contribution in [0, 0.1) is 0 Å². The number of rotatable bonds is 2. The Morgan fingerprint density at radius 2 is 2.22 bits per heavy atom. The van der Waals surface area contributed by atoms with Crippen molar-refractivity contribution in [2.45, 2.75) is 13.0 Å². The summed E-state index contributed by atoms with van der Waals surface area (Å²) < 4.78 is 7.52. The van der Waals surface area contributed by atoms with Crippen LogP contribution in [0.25, 0.3) is 11.3 Å². The molecule has 4 heteroatoms. The van der Waals surface area contributed by atoms with Crippen molar-refractivity contribution in [3.63, 3.8) is 0 Å². The largest absolute Gasteiger partial charge is 0.494 e. The summed E-state index contributed by atoms with van der Waals surface area (Å²) in [7, 11) is 1.66. The van der Waals surface area contributed by atoms with Gasteiger partial charge in [0.25, 0.3) is 0 Å². The second-order valence-corrected chi connectivity index (χ2v) is 4.41. The fraction of sp³-hybridized carbons (Fsp3) is 0.214. The second kappa shape index (κ2) is 3.91. The molecule has 92 valence electrons. The lowest BCUT2D eigenvalue weighted by molar-refractivity contribution is 0.100. The van der Waals surface area contributed by atoms with Gasteiger partial charge in [0, 0.05) is 23.9 Å². The number of primary amides is 1. The van der Waals surface area contributed by atoms with Gasteiger partial charge in [0.2, 0.25) is 5.91 Å². The molecule has 1 aromatic carbocycles. The number of amides is 1. The fourth-order valence-corrected chi connectivity index (χ4v) is 2.50. The van der Waals surface area contributed by atoms with Gasteiger partial charge in [-0.2, -0.15) is 0 Å². The predicted molar refractivity (Wildman–Crippen MR) is 68.6 cm³/mol. The van der Waals surface area contributed by atoms with Gasteiger partial charge in [-0.1, -0.05) is 6.07 Å². The number of nitrogens with two attached hydrogens (primary N) is 1. The Labute approximate surface area is 105 Å². The summed E-state index contributed by atoms with van der Waals surface area (Å²) in [4.78, 5) is 11.3. The minimum atomic E-state index is -0.402. The summed E-state index contributed by atoms with van der Waals surface area (Å²) in [5.41, 5.74) is 9.17. The van der Waals surface area contributed by atoms with Gasteiger partial charge in [-0.05, 0) is 30.2 Å². The first-order valence-corrected chi connectivity index (χ1v) is 5.87. The van der Waals surface area contributed by atoms with Crippen molar-refractivity contribution in [3.8, 4) is 17.0 Å². The van der Waals surface area contributed by atoms with Gasteiger partial charge in [-0.3, -0.25) is 4.79 Å². The van der Waals surface area contributed by atoms with E-state index in [0.29, 0.717) is 5.56 Å². The zero-order chi connectivity index (χ0) is 12.7. The Morgan fingerprint density at radius 3 is 2.94 bits per heavy atom. The number of nitrogens with zero attached hydrogens (tertiary/aromatic N) is 1. The minimum Gasteiger partial charge on any atom is -0.494 e. The molecule has 0 aliphatic carbocycles. The molecule has 0 saturated heterocycles. The Morgan fingerprint density at radius 1 is 1.39 bits per heavy atom. The van der Waals surface area contributed by atoms with Gasteiger partial charge in [0.1, 0.15) is 5.75 Å². The van der Waals surface area contributed by atoms with Gasteiger partial charge in [-0.25, -0.2) is 0 Å². The fourth-order valence-electron chi connectivity index (χ4n) is 2.50. The van der Waals surface area contributed by atoms with E-state index < -0.39 is 5.91 Å². The number of ether oxygens (including phenoxy) is 1. The van der Waals surface area contributed by atoms with E-state index in [1.54, 1.807) is 13.2 Å². The van der Waals surface area contributed by atoms with Crippen molar-refractivity contribution in [1.29, 1.82) is 0 Å². The Kier molecular flexibility index (Phi) is 2.37. The van der Waals surface area contributed by atoms with E-state index in [1.807, 2.05) is 24.4 Å².